The lowest BCUT2D eigenvalue weighted by molar-refractivity contribution is 0.660. The average molecular weight is 790 g/mol. The molecule has 0 atom stereocenters. The van der Waals surface area contributed by atoms with E-state index in [2.05, 4.69) is 227 Å². The van der Waals surface area contributed by atoms with Gasteiger partial charge in [0.05, 0.1) is 16.7 Å². The molecule has 1 heteroatoms. The lowest BCUT2D eigenvalue weighted by Gasteiger charge is -2.21. The van der Waals surface area contributed by atoms with Crippen molar-refractivity contribution in [2.75, 3.05) is 0 Å². The third kappa shape index (κ3) is 7.93. The molecule has 61 heavy (non-hydrogen) atoms. The van der Waals surface area contributed by atoms with Gasteiger partial charge in [0.15, 0.2) is 0 Å². The third-order valence-corrected chi connectivity index (χ3v) is 12.1. The quantitative estimate of drug-likeness (QED) is 0.168. The molecular weight excluding hydrogens is 735 g/mol. The van der Waals surface area contributed by atoms with Gasteiger partial charge in [-0.1, -0.05) is 209 Å². The molecule has 10 aromatic rings. The van der Waals surface area contributed by atoms with Gasteiger partial charge in [-0.15, -0.1) is 0 Å². The zero-order valence-electron chi connectivity index (χ0n) is 36.6. The second kappa shape index (κ2) is 17.7. The monoisotopic (exact) mass is 789 g/mol. The smallest absolute Gasteiger partial charge is 0.0543 e. The van der Waals surface area contributed by atoms with E-state index in [9.17, 15) is 0 Å². The van der Waals surface area contributed by atoms with Crippen molar-refractivity contribution in [3.8, 4) is 39.1 Å². The van der Waals surface area contributed by atoms with Crippen LogP contribution in [0.25, 0.3) is 71.6 Å². The molecule has 0 saturated heterocycles. The van der Waals surface area contributed by atoms with Crippen LogP contribution in [-0.4, -0.2) is 4.57 Å². The molecule has 9 aromatic carbocycles. The largest absolute Gasteiger partial charge is 0.309 e. The van der Waals surface area contributed by atoms with Crippen LogP contribution >= 0.6 is 0 Å². The first-order valence-corrected chi connectivity index (χ1v) is 21.7. The summed E-state index contributed by atoms with van der Waals surface area (Å²) in [5.74, 6) is 0. The molecule has 1 aliphatic rings. The van der Waals surface area contributed by atoms with Gasteiger partial charge in [0.1, 0.15) is 0 Å². The molecule has 0 amide bonds. The van der Waals surface area contributed by atoms with Crippen molar-refractivity contribution in [1.82, 2.24) is 4.57 Å². The first-order valence-electron chi connectivity index (χ1n) is 21.7. The summed E-state index contributed by atoms with van der Waals surface area (Å²) in [6.45, 7) is 15.1. The van der Waals surface area contributed by atoms with Crippen LogP contribution in [0.1, 0.15) is 55.5 Å². The van der Waals surface area contributed by atoms with E-state index in [-0.39, 0.29) is 5.41 Å². The summed E-state index contributed by atoms with van der Waals surface area (Å²) in [4.78, 5) is 0. The Morgan fingerprint density at radius 3 is 1.69 bits per heavy atom. The van der Waals surface area contributed by atoms with Gasteiger partial charge in [0.2, 0.25) is 0 Å². The number of aryl methyl sites for hydroxylation is 3. The second-order valence-electron chi connectivity index (χ2n) is 16.3. The number of nitrogens with zero attached hydrogens (tertiary/aromatic N) is 1. The highest BCUT2D eigenvalue weighted by atomic mass is 15.0. The maximum absolute atomic E-state index is 2.48. The van der Waals surface area contributed by atoms with Crippen molar-refractivity contribution in [2.24, 2.45) is 0 Å². The Morgan fingerprint density at radius 2 is 0.934 bits per heavy atom. The first-order chi connectivity index (χ1) is 29.8. The molecule has 0 bridgehead atoms. The van der Waals surface area contributed by atoms with E-state index in [1.165, 1.54) is 99.5 Å². The highest BCUT2D eigenvalue weighted by Gasteiger charge is 2.37. The zero-order valence-corrected chi connectivity index (χ0v) is 36.6. The van der Waals surface area contributed by atoms with Crippen LogP contribution in [0.3, 0.4) is 0 Å². The van der Waals surface area contributed by atoms with E-state index >= 15 is 0 Å². The summed E-state index contributed by atoms with van der Waals surface area (Å²) in [7, 11) is 0. The fraction of sp³-hybridized carbons (Fsp3) is 0.133. The predicted molar refractivity (Wildman–Crippen MR) is 265 cm³/mol. The van der Waals surface area contributed by atoms with Gasteiger partial charge < -0.3 is 4.57 Å². The molecule has 1 aliphatic carbocycles. The van der Waals surface area contributed by atoms with Crippen LogP contribution in [-0.2, 0) is 5.41 Å². The van der Waals surface area contributed by atoms with Gasteiger partial charge in [-0.2, -0.15) is 0 Å². The summed E-state index contributed by atoms with van der Waals surface area (Å²) in [6, 6.07) is 74.2. The third-order valence-electron chi connectivity index (χ3n) is 12.1. The van der Waals surface area contributed by atoms with E-state index in [0.717, 1.165) is 0 Å². The number of fused-ring (bicyclic) bond motifs is 7. The Hall–Kier alpha value is -6.96. The van der Waals surface area contributed by atoms with Gasteiger partial charge in [-0.3, -0.25) is 0 Å². The normalized spacial score (nSPS) is 12.0. The summed E-state index contributed by atoms with van der Waals surface area (Å²) < 4.78 is 2.48. The molecule has 0 spiro atoms. The summed E-state index contributed by atoms with van der Waals surface area (Å²) in [6.07, 6.45) is 0. The maximum Gasteiger partial charge on any atom is 0.0543 e. The van der Waals surface area contributed by atoms with Crippen LogP contribution in [0.15, 0.2) is 206 Å². The predicted octanol–water partition coefficient (Wildman–Crippen LogP) is 16.9. The number of aromatic nitrogens is 1. The SMILES string of the molecule is CC.Cc1cccc2ccccc12.Cc1ccccc1.Cc1ccccc1-c1cccc(-c2ccc3c(c2)c2ccccc2n3-c2cccc3c2-c2ccccc2C3(C)C)c1. The summed E-state index contributed by atoms with van der Waals surface area (Å²) in [5.41, 5.74) is 18.2. The number of para-hydroxylation sites is 1. The minimum absolute atomic E-state index is 0.0318. The van der Waals surface area contributed by atoms with E-state index in [0.29, 0.717) is 0 Å². The van der Waals surface area contributed by atoms with Crippen LogP contribution in [0.4, 0.5) is 0 Å². The molecule has 300 valence electrons. The Labute approximate surface area is 362 Å². The molecule has 1 heterocycles. The van der Waals surface area contributed by atoms with Gasteiger partial charge in [0.25, 0.3) is 0 Å². The number of benzene rings is 9. The Morgan fingerprint density at radius 1 is 0.377 bits per heavy atom. The summed E-state index contributed by atoms with van der Waals surface area (Å²) in [5, 5.41) is 5.24. The van der Waals surface area contributed by atoms with Crippen molar-refractivity contribution in [2.45, 2.75) is 53.9 Å². The molecule has 0 fully saturated rings. The molecule has 0 saturated carbocycles. The van der Waals surface area contributed by atoms with Crippen LogP contribution in [0, 0.1) is 20.8 Å². The zero-order chi connectivity index (χ0) is 42.5. The minimum Gasteiger partial charge on any atom is -0.309 e. The van der Waals surface area contributed by atoms with Crippen molar-refractivity contribution in [3.05, 3.63) is 234 Å². The van der Waals surface area contributed by atoms with Crippen molar-refractivity contribution >= 4 is 32.6 Å². The Kier molecular flexibility index (Phi) is 11.9. The Bertz CT molecular complexity index is 3100. The molecule has 0 N–H and O–H groups in total. The van der Waals surface area contributed by atoms with Gasteiger partial charge in [-0.25, -0.2) is 0 Å². The van der Waals surface area contributed by atoms with Crippen LogP contribution < -0.4 is 0 Å². The second-order valence-corrected chi connectivity index (χ2v) is 16.3. The molecule has 0 aliphatic heterocycles. The highest BCUT2D eigenvalue weighted by molar-refractivity contribution is 6.11. The van der Waals surface area contributed by atoms with Gasteiger partial charge in [-0.05, 0) is 112 Å². The van der Waals surface area contributed by atoms with Gasteiger partial charge in [0, 0.05) is 21.8 Å². The average Bonchev–Trinajstić information content (AvgIpc) is 3.76. The molecule has 0 radical (unpaired) electrons. The highest BCUT2D eigenvalue weighted by Crippen LogP contribution is 2.51. The van der Waals surface area contributed by atoms with E-state index in [1.54, 1.807) is 0 Å². The van der Waals surface area contributed by atoms with Crippen LogP contribution in [0.2, 0.25) is 0 Å². The summed E-state index contributed by atoms with van der Waals surface area (Å²) >= 11 is 0. The maximum atomic E-state index is 2.48. The minimum atomic E-state index is -0.0318. The fourth-order valence-corrected chi connectivity index (χ4v) is 9.02. The van der Waals surface area contributed by atoms with E-state index in [1.807, 2.05) is 32.0 Å². The standard InChI is InChI=1S/C40H31N.C11H10.C7H8.C2H6/c1-26-12-4-5-15-30(26)29-14-10-13-27(24-29)28-22-23-37-33(25-28)31-16-7-9-20-36(31)41(37)38-21-11-19-35-39(38)32-17-6-8-18-34(32)40(35,2)3;1-9-5-4-7-10-6-2-3-8-11(9)10;1-7-5-3-2-4-6-7;1-2/h4-25H,1-3H3;2-8H,1H3;2-6H,1H3;1-2H3. The van der Waals surface area contributed by atoms with E-state index < -0.39 is 0 Å². The topological polar surface area (TPSA) is 4.93 Å². The first kappa shape index (κ1) is 40.8. The lowest BCUT2D eigenvalue weighted by atomic mass is 9.82. The molecular formula is C60H55N. The van der Waals surface area contributed by atoms with Gasteiger partial charge >= 0.3 is 0 Å². The fourth-order valence-electron chi connectivity index (χ4n) is 9.02. The molecule has 1 nitrogen and oxygen atoms in total. The van der Waals surface area contributed by atoms with Crippen molar-refractivity contribution in [1.29, 1.82) is 0 Å². The van der Waals surface area contributed by atoms with Crippen molar-refractivity contribution in [3.63, 3.8) is 0 Å². The number of rotatable bonds is 3. The molecule has 11 rings (SSSR count). The number of hydrogen-bond acceptors (Lipinski definition) is 0. The lowest BCUT2D eigenvalue weighted by Crippen LogP contribution is -2.14. The van der Waals surface area contributed by atoms with Crippen LogP contribution in [0.5, 0.6) is 0 Å². The number of hydrogen-bond donors (Lipinski definition) is 0. The molecule has 0 unspecified atom stereocenters. The Balaban J connectivity index is 0.000000211. The molecule has 1 aromatic heterocycles. The van der Waals surface area contributed by atoms with E-state index in [4.69, 9.17) is 0 Å². The van der Waals surface area contributed by atoms with Crippen molar-refractivity contribution < 1.29 is 0 Å².